The van der Waals surface area contributed by atoms with E-state index in [1.54, 1.807) is 25.7 Å². The maximum absolute atomic E-state index is 14.4. The van der Waals surface area contributed by atoms with Gasteiger partial charge < -0.3 is 20.3 Å². The van der Waals surface area contributed by atoms with Gasteiger partial charge in [-0.05, 0) is 58.6 Å². The standard InChI is InChI=1S/C31H45N3O4/c1-8-10-19-32-28(35)27(25-18-14-15-22(3)20-25)34(23(4)9-2)29(36)26(21-24-16-12-11-13-17-24)33-30(37)38-31(5,6)7/h11-18,20,23,26-27H,8-10,19,21H2,1-7H3,(H,32,35)(H,33,37). The molecule has 0 spiro atoms. The summed E-state index contributed by atoms with van der Waals surface area (Å²) in [6.45, 7) is 13.8. The van der Waals surface area contributed by atoms with E-state index in [0.29, 0.717) is 13.0 Å². The molecule has 0 aromatic heterocycles. The van der Waals surface area contributed by atoms with E-state index in [0.717, 1.165) is 29.5 Å². The molecule has 208 valence electrons. The molecule has 3 amide bonds. The van der Waals surface area contributed by atoms with Gasteiger partial charge in [-0.2, -0.15) is 0 Å². The molecule has 3 atom stereocenters. The lowest BCUT2D eigenvalue weighted by atomic mass is 9.97. The number of ether oxygens (including phenoxy) is 1. The summed E-state index contributed by atoms with van der Waals surface area (Å²) in [4.78, 5) is 42.5. The van der Waals surface area contributed by atoms with Crippen molar-refractivity contribution in [1.29, 1.82) is 0 Å². The van der Waals surface area contributed by atoms with E-state index in [2.05, 4.69) is 17.6 Å². The average Bonchev–Trinajstić information content (AvgIpc) is 2.85. The number of benzene rings is 2. The molecule has 0 bridgehead atoms. The van der Waals surface area contributed by atoms with Gasteiger partial charge in [0.05, 0.1) is 0 Å². The second kappa shape index (κ2) is 14.6. The van der Waals surface area contributed by atoms with Crippen molar-refractivity contribution in [3.8, 4) is 0 Å². The van der Waals surface area contributed by atoms with E-state index < -0.39 is 23.8 Å². The van der Waals surface area contributed by atoms with Gasteiger partial charge in [-0.25, -0.2) is 4.79 Å². The number of rotatable bonds is 12. The summed E-state index contributed by atoms with van der Waals surface area (Å²) in [6, 6.07) is 15.2. The zero-order valence-electron chi connectivity index (χ0n) is 24.0. The number of hydrogen-bond acceptors (Lipinski definition) is 4. The molecule has 2 N–H and O–H groups in total. The van der Waals surface area contributed by atoms with E-state index in [1.165, 1.54) is 0 Å². The summed E-state index contributed by atoms with van der Waals surface area (Å²) in [7, 11) is 0. The topological polar surface area (TPSA) is 87.7 Å². The highest BCUT2D eigenvalue weighted by molar-refractivity contribution is 5.92. The minimum atomic E-state index is -0.919. The Bertz CT molecular complexity index is 1050. The van der Waals surface area contributed by atoms with E-state index in [4.69, 9.17) is 4.74 Å². The molecule has 2 aromatic rings. The van der Waals surface area contributed by atoms with Gasteiger partial charge in [0.2, 0.25) is 11.8 Å². The van der Waals surface area contributed by atoms with Crippen LogP contribution in [-0.2, 0) is 20.7 Å². The third-order valence-electron chi connectivity index (χ3n) is 6.31. The predicted molar refractivity (Wildman–Crippen MR) is 152 cm³/mol. The fourth-order valence-electron chi connectivity index (χ4n) is 4.24. The lowest BCUT2D eigenvalue weighted by Crippen LogP contribution is -2.56. The third-order valence-corrected chi connectivity index (χ3v) is 6.31. The van der Waals surface area contributed by atoms with Crippen molar-refractivity contribution in [3.05, 3.63) is 71.3 Å². The monoisotopic (exact) mass is 523 g/mol. The van der Waals surface area contributed by atoms with E-state index >= 15 is 0 Å². The van der Waals surface area contributed by atoms with Crippen LogP contribution in [-0.4, -0.2) is 47.0 Å². The van der Waals surface area contributed by atoms with Crippen LogP contribution in [0.15, 0.2) is 54.6 Å². The maximum atomic E-state index is 14.4. The highest BCUT2D eigenvalue weighted by Crippen LogP contribution is 2.27. The second-order valence-corrected chi connectivity index (χ2v) is 10.9. The smallest absolute Gasteiger partial charge is 0.408 e. The molecule has 38 heavy (non-hydrogen) atoms. The number of nitrogens with one attached hydrogen (secondary N) is 2. The minimum absolute atomic E-state index is 0.228. The molecule has 2 aromatic carbocycles. The van der Waals surface area contributed by atoms with Crippen LogP contribution >= 0.6 is 0 Å². The zero-order valence-corrected chi connectivity index (χ0v) is 24.0. The van der Waals surface area contributed by atoms with Crippen LogP contribution in [0.1, 0.15) is 83.5 Å². The normalized spacial score (nSPS) is 13.7. The molecule has 2 rings (SSSR count). The second-order valence-electron chi connectivity index (χ2n) is 10.9. The van der Waals surface area contributed by atoms with Crippen molar-refractivity contribution in [3.63, 3.8) is 0 Å². The first kappa shape index (κ1) is 30.9. The molecule has 0 saturated heterocycles. The molecule has 0 aliphatic heterocycles. The number of alkyl carbamates (subject to hydrolysis) is 1. The molecule has 7 nitrogen and oxygen atoms in total. The number of carbonyl (C=O) groups is 3. The first-order valence-corrected chi connectivity index (χ1v) is 13.7. The van der Waals surface area contributed by atoms with E-state index in [9.17, 15) is 14.4 Å². The van der Waals surface area contributed by atoms with Gasteiger partial charge in [-0.3, -0.25) is 9.59 Å². The zero-order chi connectivity index (χ0) is 28.3. The Morgan fingerprint density at radius 3 is 2.26 bits per heavy atom. The lowest BCUT2D eigenvalue weighted by Gasteiger charge is -2.38. The quantitative estimate of drug-likeness (QED) is 0.349. The SMILES string of the molecule is CCCCNC(=O)C(c1cccc(C)c1)N(C(=O)C(Cc1ccccc1)NC(=O)OC(C)(C)C)C(C)CC. The number of aryl methyl sites for hydroxylation is 1. The van der Waals surface area contributed by atoms with Gasteiger partial charge in [-0.1, -0.05) is 80.4 Å². The molecule has 0 saturated carbocycles. The first-order chi connectivity index (χ1) is 18.0. The van der Waals surface area contributed by atoms with Gasteiger partial charge in [0.1, 0.15) is 17.7 Å². The predicted octanol–water partition coefficient (Wildman–Crippen LogP) is 5.72. The molecular weight excluding hydrogens is 478 g/mol. The summed E-state index contributed by atoms with van der Waals surface area (Å²) < 4.78 is 5.50. The van der Waals surface area contributed by atoms with Crippen LogP contribution < -0.4 is 10.6 Å². The Kier molecular flexibility index (Phi) is 11.8. The van der Waals surface area contributed by atoms with Crippen molar-refractivity contribution in [1.82, 2.24) is 15.5 Å². The summed E-state index contributed by atoms with van der Waals surface area (Å²) in [6.07, 6.45) is 2.03. The molecule has 0 aliphatic rings. The minimum Gasteiger partial charge on any atom is -0.444 e. The summed E-state index contributed by atoms with van der Waals surface area (Å²) in [5.41, 5.74) is 1.91. The Morgan fingerprint density at radius 2 is 1.68 bits per heavy atom. The van der Waals surface area contributed by atoms with Crippen LogP contribution in [0.2, 0.25) is 0 Å². The fourth-order valence-corrected chi connectivity index (χ4v) is 4.24. The number of unbranched alkanes of at least 4 members (excludes halogenated alkanes) is 1. The number of nitrogens with zero attached hydrogens (tertiary/aromatic N) is 1. The van der Waals surface area contributed by atoms with E-state index in [1.807, 2.05) is 75.4 Å². The highest BCUT2D eigenvalue weighted by Gasteiger charge is 2.38. The molecule has 0 fully saturated rings. The molecule has 7 heteroatoms. The largest absolute Gasteiger partial charge is 0.444 e. The van der Waals surface area contributed by atoms with Gasteiger partial charge in [0.25, 0.3) is 0 Å². The first-order valence-electron chi connectivity index (χ1n) is 13.7. The Hall–Kier alpha value is -3.35. The maximum Gasteiger partial charge on any atom is 0.408 e. The molecule has 0 heterocycles. The van der Waals surface area contributed by atoms with Crippen molar-refractivity contribution >= 4 is 17.9 Å². The fraction of sp³-hybridized carbons (Fsp3) is 0.516. The number of carbonyl (C=O) groups excluding carboxylic acids is 3. The summed E-state index contributed by atoms with van der Waals surface area (Å²) in [5, 5.41) is 5.84. The molecule has 0 aliphatic carbocycles. The van der Waals surface area contributed by atoms with Crippen molar-refractivity contribution in [2.24, 2.45) is 0 Å². The molecule has 0 radical (unpaired) electrons. The van der Waals surface area contributed by atoms with Gasteiger partial charge in [0.15, 0.2) is 0 Å². The van der Waals surface area contributed by atoms with Crippen LogP contribution in [0.3, 0.4) is 0 Å². The van der Waals surface area contributed by atoms with Crippen molar-refractivity contribution in [2.45, 2.75) is 97.9 Å². The third kappa shape index (κ3) is 9.51. The van der Waals surface area contributed by atoms with Crippen molar-refractivity contribution < 1.29 is 19.1 Å². The Morgan fingerprint density at radius 1 is 1.00 bits per heavy atom. The number of amides is 3. The summed E-state index contributed by atoms with van der Waals surface area (Å²) in [5.74, 6) is -0.556. The lowest BCUT2D eigenvalue weighted by molar-refractivity contribution is -0.145. The summed E-state index contributed by atoms with van der Waals surface area (Å²) >= 11 is 0. The van der Waals surface area contributed by atoms with Crippen LogP contribution in [0.25, 0.3) is 0 Å². The Balaban J connectivity index is 2.54. The molecular formula is C31H45N3O4. The highest BCUT2D eigenvalue weighted by atomic mass is 16.6. The van der Waals surface area contributed by atoms with Crippen LogP contribution in [0.4, 0.5) is 4.79 Å². The average molecular weight is 524 g/mol. The molecule has 3 unspecified atom stereocenters. The van der Waals surface area contributed by atoms with Gasteiger partial charge in [-0.15, -0.1) is 0 Å². The van der Waals surface area contributed by atoms with Crippen molar-refractivity contribution in [2.75, 3.05) is 6.54 Å². The van der Waals surface area contributed by atoms with Crippen LogP contribution in [0, 0.1) is 6.92 Å². The van der Waals surface area contributed by atoms with Gasteiger partial charge >= 0.3 is 6.09 Å². The number of hydrogen-bond donors (Lipinski definition) is 2. The van der Waals surface area contributed by atoms with E-state index in [-0.39, 0.29) is 24.3 Å². The van der Waals surface area contributed by atoms with Crippen LogP contribution in [0.5, 0.6) is 0 Å². The van der Waals surface area contributed by atoms with Gasteiger partial charge in [0, 0.05) is 19.0 Å². The Labute approximate surface area is 228 Å².